The molecule has 0 fully saturated rings. The molecular formula is C9H10FI. The molecule has 0 aromatic heterocycles. The molecule has 0 bridgehead atoms. The molecule has 0 aliphatic heterocycles. The zero-order valence-electron chi connectivity index (χ0n) is 6.57. The topological polar surface area (TPSA) is 0 Å². The summed E-state index contributed by atoms with van der Waals surface area (Å²) in [4.78, 5) is 0. The molecular weight excluding hydrogens is 254 g/mol. The number of benzene rings is 1. The lowest BCUT2D eigenvalue weighted by molar-refractivity contribution is 0.624. The number of halogens is 2. The second kappa shape index (κ2) is 3.52. The van der Waals surface area contributed by atoms with Gasteiger partial charge in [0.1, 0.15) is 5.82 Å². The van der Waals surface area contributed by atoms with Crippen LogP contribution in [-0.2, 0) is 0 Å². The fourth-order valence-corrected chi connectivity index (χ4v) is 1.35. The maximum absolute atomic E-state index is 12.8. The van der Waals surface area contributed by atoms with E-state index in [2.05, 4.69) is 29.5 Å². The van der Waals surface area contributed by atoms with E-state index in [4.69, 9.17) is 0 Å². The summed E-state index contributed by atoms with van der Waals surface area (Å²) in [6.45, 7) is 3.96. The Labute approximate surface area is 80.0 Å². The maximum atomic E-state index is 12.8. The molecule has 0 radical (unpaired) electrons. The first-order valence-corrected chi connectivity index (χ1v) is 4.75. The van der Waals surface area contributed by atoms with Crippen molar-refractivity contribution in [2.45, 2.75) is 17.8 Å². The van der Waals surface area contributed by atoms with Crippen molar-refractivity contribution in [3.05, 3.63) is 35.1 Å². The lowest BCUT2D eigenvalue weighted by Crippen LogP contribution is -1.87. The van der Waals surface area contributed by atoms with Crippen molar-refractivity contribution in [2.75, 3.05) is 0 Å². The molecule has 1 rings (SSSR count). The Bertz CT molecular complexity index is 235. The quantitative estimate of drug-likeness (QED) is 0.536. The number of aryl methyl sites for hydroxylation is 1. The Hall–Kier alpha value is -0.120. The standard InChI is InChI=1S/C9H10FI/c1-6-3-8(7(2)11)5-9(10)4-6/h3-5,7H,1-2H3/t7-/m1/s1. The third-order valence-corrected chi connectivity index (χ3v) is 2.24. The first-order valence-electron chi connectivity index (χ1n) is 3.51. The van der Waals surface area contributed by atoms with E-state index in [-0.39, 0.29) is 5.82 Å². The van der Waals surface area contributed by atoms with Crippen molar-refractivity contribution < 1.29 is 4.39 Å². The molecule has 0 saturated carbocycles. The van der Waals surface area contributed by atoms with Gasteiger partial charge in [-0.25, -0.2) is 4.39 Å². The van der Waals surface area contributed by atoms with Gasteiger partial charge >= 0.3 is 0 Å². The molecule has 1 atom stereocenters. The molecule has 0 N–H and O–H groups in total. The highest BCUT2D eigenvalue weighted by molar-refractivity contribution is 14.1. The van der Waals surface area contributed by atoms with E-state index in [9.17, 15) is 4.39 Å². The Morgan fingerprint density at radius 2 is 2.00 bits per heavy atom. The average Bonchev–Trinajstić information content (AvgIpc) is 1.85. The first kappa shape index (κ1) is 8.97. The summed E-state index contributed by atoms with van der Waals surface area (Å²) in [6, 6.07) is 5.15. The normalized spacial score (nSPS) is 13.1. The maximum Gasteiger partial charge on any atom is 0.123 e. The Balaban J connectivity index is 3.08. The van der Waals surface area contributed by atoms with Gasteiger partial charge in [-0.1, -0.05) is 28.7 Å². The van der Waals surface area contributed by atoms with E-state index in [1.54, 1.807) is 12.1 Å². The second-order valence-corrected chi connectivity index (χ2v) is 4.55. The van der Waals surface area contributed by atoms with Gasteiger partial charge in [-0.05, 0) is 37.1 Å². The third kappa shape index (κ3) is 2.43. The van der Waals surface area contributed by atoms with Gasteiger partial charge < -0.3 is 0 Å². The fraction of sp³-hybridized carbons (Fsp3) is 0.333. The second-order valence-electron chi connectivity index (χ2n) is 2.68. The van der Waals surface area contributed by atoms with Crippen LogP contribution in [0.1, 0.15) is 22.0 Å². The highest BCUT2D eigenvalue weighted by Crippen LogP contribution is 2.23. The molecule has 0 spiro atoms. The van der Waals surface area contributed by atoms with Gasteiger partial charge in [0.15, 0.2) is 0 Å². The summed E-state index contributed by atoms with van der Waals surface area (Å²) in [5.74, 6) is -0.136. The van der Waals surface area contributed by atoms with Crippen molar-refractivity contribution in [3.8, 4) is 0 Å². The Kier molecular flexibility index (Phi) is 2.87. The van der Waals surface area contributed by atoms with E-state index >= 15 is 0 Å². The molecule has 1 aromatic carbocycles. The molecule has 0 aliphatic carbocycles. The molecule has 0 saturated heterocycles. The van der Waals surface area contributed by atoms with Gasteiger partial charge in [0, 0.05) is 3.92 Å². The van der Waals surface area contributed by atoms with Crippen molar-refractivity contribution in [3.63, 3.8) is 0 Å². The molecule has 0 unspecified atom stereocenters. The monoisotopic (exact) mass is 264 g/mol. The number of hydrogen-bond donors (Lipinski definition) is 0. The van der Waals surface area contributed by atoms with Crippen LogP contribution in [0.4, 0.5) is 4.39 Å². The molecule has 0 heterocycles. The third-order valence-electron chi connectivity index (χ3n) is 1.52. The van der Waals surface area contributed by atoms with Crippen LogP contribution in [0.25, 0.3) is 0 Å². The van der Waals surface area contributed by atoms with Crippen LogP contribution >= 0.6 is 22.6 Å². The largest absolute Gasteiger partial charge is 0.207 e. The van der Waals surface area contributed by atoms with E-state index in [0.29, 0.717) is 3.92 Å². The van der Waals surface area contributed by atoms with Crippen LogP contribution in [0.15, 0.2) is 18.2 Å². The molecule has 60 valence electrons. The lowest BCUT2D eigenvalue weighted by atomic mass is 10.1. The summed E-state index contributed by atoms with van der Waals surface area (Å²) in [7, 11) is 0. The minimum Gasteiger partial charge on any atom is -0.207 e. The Morgan fingerprint density at radius 1 is 1.36 bits per heavy atom. The van der Waals surface area contributed by atoms with Gasteiger partial charge in [-0.2, -0.15) is 0 Å². The van der Waals surface area contributed by atoms with E-state index in [1.165, 1.54) is 0 Å². The zero-order valence-corrected chi connectivity index (χ0v) is 8.72. The number of alkyl halides is 1. The molecule has 1 aromatic rings. The predicted molar refractivity (Wildman–Crippen MR) is 53.6 cm³/mol. The van der Waals surface area contributed by atoms with Crippen molar-refractivity contribution in [2.24, 2.45) is 0 Å². The van der Waals surface area contributed by atoms with Crippen LogP contribution in [0.3, 0.4) is 0 Å². The zero-order chi connectivity index (χ0) is 8.43. The highest BCUT2D eigenvalue weighted by atomic mass is 127. The van der Waals surface area contributed by atoms with Crippen LogP contribution < -0.4 is 0 Å². The van der Waals surface area contributed by atoms with Crippen molar-refractivity contribution in [1.82, 2.24) is 0 Å². The van der Waals surface area contributed by atoms with Crippen LogP contribution in [-0.4, -0.2) is 0 Å². The smallest absolute Gasteiger partial charge is 0.123 e. The minimum atomic E-state index is -0.136. The molecule has 0 amide bonds. The van der Waals surface area contributed by atoms with Gasteiger partial charge in [-0.3, -0.25) is 0 Å². The minimum absolute atomic E-state index is 0.136. The summed E-state index contributed by atoms with van der Waals surface area (Å²) in [5.41, 5.74) is 2.05. The number of hydrogen-bond acceptors (Lipinski definition) is 0. The van der Waals surface area contributed by atoms with Gasteiger partial charge in [0.05, 0.1) is 0 Å². The summed E-state index contributed by atoms with van der Waals surface area (Å²) >= 11 is 2.27. The highest BCUT2D eigenvalue weighted by Gasteiger charge is 2.02. The van der Waals surface area contributed by atoms with E-state index in [0.717, 1.165) is 11.1 Å². The molecule has 0 nitrogen and oxygen atoms in total. The van der Waals surface area contributed by atoms with E-state index < -0.39 is 0 Å². The summed E-state index contributed by atoms with van der Waals surface area (Å²) < 4.78 is 13.2. The number of rotatable bonds is 1. The van der Waals surface area contributed by atoms with Gasteiger partial charge in [0.2, 0.25) is 0 Å². The predicted octanol–water partition coefficient (Wildman–Crippen LogP) is 3.63. The average molecular weight is 264 g/mol. The van der Waals surface area contributed by atoms with Crippen molar-refractivity contribution >= 4 is 22.6 Å². The van der Waals surface area contributed by atoms with E-state index in [1.807, 2.05) is 13.0 Å². The molecule has 11 heavy (non-hydrogen) atoms. The fourth-order valence-electron chi connectivity index (χ4n) is 0.994. The summed E-state index contributed by atoms with van der Waals surface area (Å²) in [5, 5.41) is 0. The Morgan fingerprint density at radius 3 is 2.45 bits per heavy atom. The lowest BCUT2D eigenvalue weighted by Gasteiger charge is -2.04. The van der Waals surface area contributed by atoms with Gasteiger partial charge in [-0.15, -0.1) is 0 Å². The molecule has 0 aliphatic rings. The van der Waals surface area contributed by atoms with Crippen molar-refractivity contribution in [1.29, 1.82) is 0 Å². The van der Waals surface area contributed by atoms with Gasteiger partial charge in [0.25, 0.3) is 0 Å². The van der Waals surface area contributed by atoms with Crippen LogP contribution in [0.5, 0.6) is 0 Å². The SMILES string of the molecule is Cc1cc(F)cc([C@@H](C)I)c1. The van der Waals surface area contributed by atoms with Crippen LogP contribution in [0.2, 0.25) is 0 Å². The molecule has 2 heteroatoms. The first-order chi connectivity index (χ1) is 5.09. The van der Waals surface area contributed by atoms with Crippen LogP contribution in [0, 0.1) is 12.7 Å². The summed E-state index contributed by atoms with van der Waals surface area (Å²) in [6.07, 6.45) is 0.